The highest BCUT2D eigenvalue weighted by atomic mass is 16.6. The van der Waals surface area contributed by atoms with Crippen LogP contribution in [0, 0.1) is 10.1 Å². The van der Waals surface area contributed by atoms with E-state index in [9.17, 15) is 10.1 Å². The number of nitrogens with zero attached hydrogens (tertiary/aromatic N) is 4. The van der Waals surface area contributed by atoms with Crippen molar-refractivity contribution >= 4 is 11.5 Å². The van der Waals surface area contributed by atoms with Crippen LogP contribution in [-0.2, 0) is 19.9 Å². The van der Waals surface area contributed by atoms with Gasteiger partial charge in [-0.15, -0.1) is 0 Å². The molecule has 0 aliphatic rings. The normalized spacial score (nSPS) is 10.6. The van der Waals surface area contributed by atoms with Crippen LogP contribution in [0.5, 0.6) is 0 Å². The largest absolute Gasteiger partial charge is 0.364 e. The van der Waals surface area contributed by atoms with Gasteiger partial charge in [-0.05, 0) is 6.42 Å². The summed E-state index contributed by atoms with van der Waals surface area (Å²) in [6.45, 7) is 2.43. The Morgan fingerprint density at radius 2 is 2.37 bits per heavy atom. The number of H-pyrrole nitrogens is 1. The minimum Gasteiger partial charge on any atom is -0.364 e. The summed E-state index contributed by atoms with van der Waals surface area (Å²) in [6, 6.07) is 0. The number of nitrogens with one attached hydrogen (secondary N) is 2. The third-order valence-corrected chi connectivity index (χ3v) is 2.85. The molecule has 2 aromatic heterocycles. The number of hydrogen-bond donors (Lipinski definition) is 2. The van der Waals surface area contributed by atoms with Crippen LogP contribution in [0.4, 0.5) is 11.5 Å². The smallest absolute Gasteiger partial charge is 0.333 e. The molecule has 0 fully saturated rings. The number of aryl methyl sites for hydroxylation is 2. The molecule has 0 amide bonds. The lowest BCUT2D eigenvalue weighted by Gasteiger charge is -2.04. The molecule has 8 nitrogen and oxygen atoms in total. The molecule has 0 saturated carbocycles. The van der Waals surface area contributed by atoms with Crippen LogP contribution in [0.2, 0.25) is 0 Å². The number of aromatic amines is 1. The maximum absolute atomic E-state index is 11.1. The maximum atomic E-state index is 11.1. The van der Waals surface area contributed by atoms with Crippen molar-refractivity contribution in [1.29, 1.82) is 0 Å². The molecule has 8 heteroatoms. The van der Waals surface area contributed by atoms with Crippen molar-refractivity contribution in [3.8, 4) is 0 Å². The molecule has 0 radical (unpaired) electrons. The van der Waals surface area contributed by atoms with Crippen LogP contribution in [0.25, 0.3) is 0 Å². The number of anilines is 1. The molecule has 0 aliphatic heterocycles. The first-order valence-corrected chi connectivity index (χ1v) is 6.04. The molecule has 102 valence electrons. The fourth-order valence-electron chi connectivity index (χ4n) is 1.93. The van der Waals surface area contributed by atoms with E-state index in [1.54, 1.807) is 19.6 Å². The van der Waals surface area contributed by atoms with Crippen molar-refractivity contribution in [2.45, 2.75) is 19.8 Å². The molecule has 2 N–H and O–H groups in total. The third kappa shape index (κ3) is 2.72. The first-order valence-electron chi connectivity index (χ1n) is 6.04. The van der Waals surface area contributed by atoms with Gasteiger partial charge in [-0.3, -0.25) is 10.1 Å². The minimum absolute atomic E-state index is 0.0645. The summed E-state index contributed by atoms with van der Waals surface area (Å²) in [7, 11) is 1.70. The highest BCUT2D eigenvalue weighted by molar-refractivity contribution is 5.59. The van der Waals surface area contributed by atoms with Crippen LogP contribution >= 0.6 is 0 Å². The Hall–Kier alpha value is -2.38. The van der Waals surface area contributed by atoms with Gasteiger partial charge in [-0.25, -0.2) is 9.67 Å². The molecule has 2 rings (SSSR count). The summed E-state index contributed by atoms with van der Waals surface area (Å²) < 4.78 is 1.52. The van der Waals surface area contributed by atoms with Gasteiger partial charge in [0.15, 0.2) is 0 Å². The Balaban J connectivity index is 2.10. The van der Waals surface area contributed by atoms with Gasteiger partial charge >= 0.3 is 5.69 Å². The second-order valence-electron chi connectivity index (χ2n) is 4.13. The molecule has 2 aromatic rings. The summed E-state index contributed by atoms with van der Waals surface area (Å²) in [4.78, 5) is 17.6. The van der Waals surface area contributed by atoms with Crippen LogP contribution in [0.15, 0.2) is 12.5 Å². The zero-order chi connectivity index (χ0) is 13.8. The van der Waals surface area contributed by atoms with Crippen LogP contribution in [0.1, 0.15) is 18.3 Å². The van der Waals surface area contributed by atoms with Crippen LogP contribution in [0.3, 0.4) is 0 Å². The first kappa shape index (κ1) is 13.1. The van der Waals surface area contributed by atoms with E-state index in [4.69, 9.17) is 0 Å². The second-order valence-corrected chi connectivity index (χ2v) is 4.13. The second kappa shape index (κ2) is 5.51. The molecular formula is C11H16N6O2. The van der Waals surface area contributed by atoms with Gasteiger partial charge < -0.3 is 10.3 Å². The molecule has 19 heavy (non-hydrogen) atoms. The zero-order valence-electron chi connectivity index (χ0n) is 10.9. The lowest BCUT2D eigenvalue weighted by Crippen LogP contribution is -2.10. The van der Waals surface area contributed by atoms with E-state index < -0.39 is 0 Å². The van der Waals surface area contributed by atoms with Gasteiger partial charge in [0.1, 0.15) is 5.69 Å². The SMILES string of the molecule is CCc1nn(C)c(NCCc2cnc[nH]2)c1[N+](=O)[O-]. The molecule has 2 heterocycles. The molecule has 0 aromatic carbocycles. The Morgan fingerprint density at radius 1 is 1.58 bits per heavy atom. The third-order valence-electron chi connectivity index (χ3n) is 2.85. The molecule has 0 aliphatic carbocycles. The molecule has 0 atom stereocenters. The number of hydrogen-bond acceptors (Lipinski definition) is 5. The van der Waals surface area contributed by atoms with E-state index in [1.165, 1.54) is 4.68 Å². The molecular weight excluding hydrogens is 248 g/mol. The number of nitro groups is 1. The standard InChI is InChI=1S/C11H16N6O2/c1-3-9-10(17(18)19)11(16(2)15-9)13-5-4-8-6-12-7-14-8/h6-7,13H,3-5H2,1-2H3,(H,12,14). The minimum atomic E-state index is -0.385. The van der Waals surface area contributed by atoms with E-state index in [2.05, 4.69) is 20.4 Å². The number of imidazole rings is 1. The van der Waals surface area contributed by atoms with Gasteiger partial charge in [0.2, 0.25) is 5.82 Å². The van der Waals surface area contributed by atoms with E-state index in [-0.39, 0.29) is 10.6 Å². The van der Waals surface area contributed by atoms with Gasteiger partial charge in [-0.1, -0.05) is 6.92 Å². The van der Waals surface area contributed by atoms with E-state index >= 15 is 0 Å². The topological polar surface area (TPSA) is 102 Å². The predicted molar refractivity (Wildman–Crippen MR) is 70.0 cm³/mol. The summed E-state index contributed by atoms with van der Waals surface area (Å²) in [5.74, 6) is 0.446. The van der Waals surface area contributed by atoms with Gasteiger partial charge in [0.05, 0.1) is 11.3 Å². The maximum Gasteiger partial charge on any atom is 0.333 e. The van der Waals surface area contributed by atoms with E-state index in [1.807, 2.05) is 6.92 Å². The summed E-state index contributed by atoms with van der Waals surface area (Å²) in [6.07, 6.45) is 4.59. The van der Waals surface area contributed by atoms with E-state index in [0.29, 0.717) is 30.9 Å². The Morgan fingerprint density at radius 3 is 2.95 bits per heavy atom. The molecule has 0 spiro atoms. The first-order chi connectivity index (χ1) is 9.13. The van der Waals surface area contributed by atoms with Crippen molar-refractivity contribution in [2.75, 3.05) is 11.9 Å². The van der Waals surface area contributed by atoms with Crippen LogP contribution in [-0.4, -0.2) is 31.2 Å². The van der Waals surface area contributed by atoms with Crippen LogP contribution < -0.4 is 5.32 Å². The lowest BCUT2D eigenvalue weighted by molar-refractivity contribution is -0.384. The zero-order valence-corrected chi connectivity index (χ0v) is 10.9. The van der Waals surface area contributed by atoms with Crippen molar-refractivity contribution in [3.63, 3.8) is 0 Å². The van der Waals surface area contributed by atoms with Gasteiger partial charge in [0.25, 0.3) is 0 Å². The monoisotopic (exact) mass is 264 g/mol. The van der Waals surface area contributed by atoms with Gasteiger partial charge in [-0.2, -0.15) is 5.10 Å². The van der Waals surface area contributed by atoms with E-state index in [0.717, 1.165) is 5.69 Å². The van der Waals surface area contributed by atoms with Crippen molar-refractivity contribution < 1.29 is 4.92 Å². The average Bonchev–Trinajstić information content (AvgIpc) is 2.97. The molecule has 0 unspecified atom stereocenters. The molecule has 0 bridgehead atoms. The Kier molecular flexibility index (Phi) is 3.79. The van der Waals surface area contributed by atoms with Crippen molar-refractivity contribution in [2.24, 2.45) is 7.05 Å². The van der Waals surface area contributed by atoms with Gasteiger partial charge in [0, 0.05) is 31.9 Å². The van der Waals surface area contributed by atoms with Crippen molar-refractivity contribution in [3.05, 3.63) is 34.0 Å². The number of aromatic nitrogens is 4. The van der Waals surface area contributed by atoms with Crippen molar-refractivity contribution in [1.82, 2.24) is 19.7 Å². The fourth-order valence-corrected chi connectivity index (χ4v) is 1.93. The molecule has 0 saturated heterocycles. The Bertz CT molecular complexity index is 560. The Labute approximate surface area is 110 Å². The summed E-state index contributed by atoms with van der Waals surface area (Å²) in [5, 5.41) is 18.3. The quantitative estimate of drug-likeness (QED) is 0.604. The number of rotatable bonds is 6. The summed E-state index contributed by atoms with van der Waals surface area (Å²) in [5.41, 5.74) is 1.54. The highest BCUT2D eigenvalue weighted by Gasteiger charge is 2.25. The predicted octanol–water partition coefficient (Wildman–Crippen LogP) is 1.27. The lowest BCUT2D eigenvalue weighted by atomic mass is 10.3. The summed E-state index contributed by atoms with van der Waals surface area (Å²) >= 11 is 0. The fraction of sp³-hybridized carbons (Fsp3) is 0.455. The average molecular weight is 264 g/mol. The highest BCUT2D eigenvalue weighted by Crippen LogP contribution is 2.28.